The summed E-state index contributed by atoms with van der Waals surface area (Å²) in [5.41, 5.74) is 3.03. The molecule has 0 amide bonds. The zero-order chi connectivity index (χ0) is 21.8. The average Bonchev–Trinajstić information content (AvgIpc) is 2.86. The first-order chi connectivity index (χ1) is 15.8. The molecule has 0 bridgehead atoms. The highest BCUT2D eigenvalue weighted by molar-refractivity contribution is 5.86. The SMILES string of the molecule is Cl.Cl.O=C(OCCCN1CCN(c2ccccc2)CC1)C1c2ccccc2Oc2ccccc21. The molecule has 2 aliphatic rings. The Morgan fingerprint density at radius 1 is 0.794 bits per heavy atom. The molecule has 1 fully saturated rings. The van der Waals surface area contributed by atoms with Crippen LogP contribution in [0.15, 0.2) is 78.9 Å². The number of hydrogen-bond acceptors (Lipinski definition) is 5. The van der Waals surface area contributed by atoms with E-state index in [1.54, 1.807) is 0 Å². The van der Waals surface area contributed by atoms with Crippen molar-refractivity contribution in [1.82, 2.24) is 4.90 Å². The number of carbonyl (C=O) groups is 1. The highest BCUT2D eigenvalue weighted by Crippen LogP contribution is 2.44. The van der Waals surface area contributed by atoms with E-state index in [-0.39, 0.29) is 30.8 Å². The van der Waals surface area contributed by atoms with Gasteiger partial charge >= 0.3 is 5.97 Å². The molecule has 0 radical (unpaired) electrons. The van der Waals surface area contributed by atoms with E-state index in [2.05, 4.69) is 40.1 Å². The number of fused-ring (bicyclic) bond motifs is 2. The van der Waals surface area contributed by atoms with Gasteiger partial charge in [0.1, 0.15) is 17.4 Å². The predicted molar refractivity (Wildman–Crippen MR) is 140 cm³/mol. The van der Waals surface area contributed by atoms with Gasteiger partial charge in [-0.15, -0.1) is 24.8 Å². The molecule has 3 aromatic rings. The third kappa shape index (κ3) is 5.66. The lowest BCUT2D eigenvalue weighted by atomic mass is 9.88. The third-order valence-corrected chi connectivity index (χ3v) is 6.27. The van der Waals surface area contributed by atoms with Crippen molar-refractivity contribution in [3.05, 3.63) is 90.0 Å². The van der Waals surface area contributed by atoms with Crippen LogP contribution >= 0.6 is 24.8 Å². The van der Waals surface area contributed by atoms with Gasteiger partial charge in [0.25, 0.3) is 0 Å². The second-order valence-electron chi connectivity index (χ2n) is 8.30. The van der Waals surface area contributed by atoms with Crippen molar-refractivity contribution in [3.63, 3.8) is 0 Å². The number of rotatable bonds is 6. The molecule has 0 unspecified atom stereocenters. The Morgan fingerprint density at radius 3 is 1.97 bits per heavy atom. The highest BCUT2D eigenvalue weighted by Gasteiger charge is 2.33. The first-order valence-electron chi connectivity index (χ1n) is 11.3. The molecule has 0 spiro atoms. The molecule has 1 saturated heterocycles. The molecule has 0 aliphatic carbocycles. The normalized spacial score (nSPS) is 15.1. The van der Waals surface area contributed by atoms with Gasteiger partial charge in [-0.05, 0) is 30.7 Å². The second kappa shape index (κ2) is 12.1. The third-order valence-electron chi connectivity index (χ3n) is 6.27. The number of benzene rings is 3. The van der Waals surface area contributed by atoms with E-state index >= 15 is 0 Å². The maximum Gasteiger partial charge on any atom is 0.318 e. The molecule has 5 nitrogen and oxygen atoms in total. The van der Waals surface area contributed by atoms with Crippen molar-refractivity contribution in [2.24, 2.45) is 0 Å². The van der Waals surface area contributed by atoms with Crippen molar-refractivity contribution in [2.75, 3.05) is 44.2 Å². The fourth-order valence-corrected chi connectivity index (χ4v) is 4.58. The van der Waals surface area contributed by atoms with Crippen LogP contribution in [0.3, 0.4) is 0 Å². The van der Waals surface area contributed by atoms with Crippen LogP contribution in [0, 0.1) is 0 Å². The van der Waals surface area contributed by atoms with Gasteiger partial charge in [-0.25, -0.2) is 0 Å². The van der Waals surface area contributed by atoms with Gasteiger partial charge in [-0.1, -0.05) is 54.6 Å². The topological polar surface area (TPSA) is 42.0 Å². The standard InChI is InChI=1S/C27H28N2O3.2ClH/c30-27(26-22-11-4-6-13-24(22)32-25-14-7-5-12-23(25)26)31-20-8-15-28-16-18-29(19-17-28)21-9-2-1-3-10-21;;/h1-7,9-14,26H,8,15-20H2;2*1H. The summed E-state index contributed by atoms with van der Waals surface area (Å²) in [6.07, 6.45) is 0.837. The molecule has 2 aliphatic heterocycles. The Labute approximate surface area is 213 Å². The van der Waals surface area contributed by atoms with Crippen LogP contribution in [0.25, 0.3) is 0 Å². The van der Waals surface area contributed by atoms with E-state index in [4.69, 9.17) is 9.47 Å². The number of carbonyl (C=O) groups excluding carboxylic acids is 1. The molecule has 7 heteroatoms. The number of piperazine rings is 1. The Balaban J connectivity index is 0.00000162. The summed E-state index contributed by atoms with van der Waals surface area (Å²) in [5, 5.41) is 0. The monoisotopic (exact) mass is 500 g/mol. The minimum atomic E-state index is -0.439. The lowest BCUT2D eigenvalue weighted by Crippen LogP contribution is -2.46. The molecule has 34 heavy (non-hydrogen) atoms. The van der Waals surface area contributed by atoms with Crippen LogP contribution in [-0.4, -0.2) is 50.2 Å². The van der Waals surface area contributed by atoms with E-state index in [1.165, 1.54) is 5.69 Å². The first kappa shape index (κ1) is 25.9. The Kier molecular flexibility index (Phi) is 9.22. The quantitative estimate of drug-likeness (QED) is 0.329. The maximum atomic E-state index is 13.1. The molecule has 0 aromatic heterocycles. The van der Waals surface area contributed by atoms with Crippen molar-refractivity contribution in [3.8, 4) is 11.5 Å². The van der Waals surface area contributed by atoms with Crippen molar-refractivity contribution < 1.29 is 14.3 Å². The zero-order valence-corrected chi connectivity index (χ0v) is 20.6. The fraction of sp³-hybridized carbons (Fsp3) is 0.296. The number of anilines is 1. The molecule has 3 aromatic carbocycles. The summed E-state index contributed by atoms with van der Waals surface area (Å²) in [4.78, 5) is 18.0. The summed E-state index contributed by atoms with van der Waals surface area (Å²) in [5.74, 6) is 0.807. The number of nitrogens with zero attached hydrogens (tertiary/aromatic N) is 2. The number of halogens is 2. The molecule has 0 N–H and O–H groups in total. The second-order valence-corrected chi connectivity index (χ2v) is 8.30. The van der Waals surface area contributed by atoms with Gasteiger partial charge in [0.2, 0.25) is 0 Å². The number of esters is 1. The van der Waals surface area contributed by atoms with E-state index in [0.29, 0.717) is 6.61 Å². The van der Waals surface area contributed by atoms with E-state index in [9.17, 15) is 4.79 Å². The highest BCUT2D eigenvalue weighted by atomic mass is 35.5. The summed E-state index contributed by atoms with van der Waals surface area (Å²) >= 11 is 0. The van der Waals surface area contributed by atoms with Crippen LogP contribution in [0.4, 0.5) is 5.69 Å². The largest absolute Gasteiger partial charge is 0.465 e. The average molecular weight is 501 g/mol. The molecular formula is C27H30Cl2N2O3. The Bertz CT molecular complexity index is 1030. The Hall–Kier alpha value is -2.73. The fourth-order valence-electron chi connectivity index (χ4n) is 4.58. The molecule has 0 atom stereocenters. The first-order valence-corrected chi connectivity index (χ1v) is 11.3. The van der Waals surface area contributed by atoms with E-state index in [1.807, 2.05) is 48.5 Å². The number of para-hydroxylation sites is 3. The van der Waals surface area contributed by atoms with Crippen LogP contribution < -0.4 is 9.64 Å². The van der Waals surface area contributed by atoms with Gasteiger partial charge in [0.15, 0.2) is 0 Å². The number of hydrogen-bond donors (Lipinski definition) is 0. The summed E-state index contributed by atoms with van der Waals surface area (Å²) in [6, 6.07) is 26.0. The van der Waals surface area contributed by atoms with Crippen LogP contribution in [0.1, 0.15) is 23.5 Å². The minimum absolute atomic E-state index is 0. The lowest BCUT2D eigenvalue weighted by Gasteiger charge is -2.36. The smallest absolute Gasteiger partial charge is 0.318 e. The van der Waals surface area contributed by atoms with Gasteiger partial charge < -0.3 is 14.4 Å². The zero-order valence-electron chi connectivity index (χ0n) is 19.0. The van der Waals surface area contributed by atoms with Crippen LogP contribution in [-0.2, 0) is 9.53 Å². The van der Waals surface area contributed by atoms with Crippen molar-refractivity contribution in [2.45, 2.75) is 12.3 Å². The van der Waals surface area contributed by atoms with Crippen LogP contribution in [0.5, 0.6) is 11.5 Å². The minimum Gasteiger partial charge on any atom is -0.465 e. The molecule has 2 heterocycles. The van der Waals surface area contributed by atoms with Gasteiger partial charge in [-0.2, -0.15) is 0 Å². The summed E-state index contributed by atoms with van der Waals surface area (Å²) in [6.45, 7) is 5.49. The van der Waals surface area contributed by atoms with Crippen LogP contribution in [0.2, 0.25) is 0 Å². The molecule has 180 valence electrons. The number of ether oxygens (including phenoxy) is 2. The summed E-state index contributed by atoms with van der Waals surface area (Å²) in [7, 11) is 0. The summed E-state index contributed by atoms with van der Waals surface area (Å²) < 4.78 is 11.7. The Morgan fingerprint density at radius 2 is 1.35 bits per heavy atom. The predicted octanol–water partition coefficient (Wildman–Crippen LogP) is 5.52. The van der Waals surface area contributed by atoms with E-state index in [0.717, 1.165) is 61.8 Å². The molecule has 5 rings (SSSR count). The van der Waals surface area contributed by atoms with Gasteiger partial charge in [0.05, 0.1) is 6.61 Å². The molecular weight excluding hydrogens is 471 g/mol. The molecule has 0 saturated carbocycles. The lowest BCUT2D eigenvalue weighted by molar-refractivity contribution is -0.144. The van der Waals surface area contributed by atoms with Crippen molar-refractivity contribution in [1.29, 1.82) is 0 Å². The van der Waals surface area contributed by atoms with E-state index < -0.39 is 5.92 Å². The van der Waals surface area contributed by atoms with Gasteiger partial charge in [-0.3, -0.25) is 9.69 Å². The van der Waals surface area contributed by atoms with Crippen molar-refractivity contribution >= 4 is 36.5 Å². The maximum absolute atomic E-state index is 13.1. The van der Waals surface area contributed by atoms with Gasteiger partial charge in [0, 0.05) is 49.5 Å².